The van der Waals surface area contributed by atoms with Gasteiger partial charge in [-0.05, 0) is 57.2 Å². The summed E-state index contributed by atoms with van der Waals surface area (Å²) in [4.78, 5) is 4.24. The van der Waals surface area contributed by atoms with Crippen molar-refractivity contribution in [1.82, 2.24) is 20.4 Å². The molecule has 0 aliphatic heterocycles. The highest BCUT2D eigenvalue weighted by Gasteiger charge is 2.41. The molecule has 1 saturated carbocycles. The fourth-order valence-electron chi connectivity index (χ4n) is 3.87. The van der Waals surface area contributed by atoms with E-state index in [-0.39, 0.29) is 42.9 Å². The minimum Gasteiger partial charge on any atom is -0.354 e. The second-order valence-corrected chi connectivity index (χ2v) is 7.63. The van der Waals surface area contributed by atoms with Crippen LogP contribution in [0.5, 0.6) is 0 Å². The molecule has 1 fully saturated rings. The first-order valence-corrected chi connectivity index (χ1v) is 9.93. The summed E-state index contributed by atoms with van der Waals surface area (Å²) in [6.45, 7) is 4.51. The SMILES string of the molecule is CN=C(NCc1ccccc1-n1nc(C)cc1C)NC1CCC(C(F)(F)F)CC1.I. The molecule has 0 amide bonds. The van der Waals surface area contributed by atoms with Gasteiger partial charge in [-0.15, -0.1) is 24.0 Å². The molecule has 0 bridgehead atoms. The fourth-order valence-corrected chi connectivity index (χ4v) is 3.87. The summed E-state index contributed by atoms with van der Waals surface area (Å²) in [6, 6.07) is 10.0. The molecule has 0 unspecified atom stereocenters. The molecule has 3 rings (SSSR count). The number of rotatable bonds is 4. The Balaban J connectivity index is 0.00000320. The van der Waals surface area contributed by atoms with E-state index in [2.05, 4.69) is 20.7 Å². The molecule has 9 heteroatoms. The van der Waals surface area contributed by atoms with Gasteiger partial charge in [-0.2, -0.15) is 18.3 Å². The highest BCUT2D eigenvalue weighted by Crippen LogP contribution is 2.37. The van der Waals surface area contributed by atoms with Crippen molar-refractivity contribution in [1.29, 1.82) is 0 Å². The number of halogens is 4. The molecule has 0 spiro atoms. The Kier molecular flexibility index (Phi) is 8.57. The van der Waals surface area contributed by atoms with Crippen molar-refractivity contribution in [2.75, 3.05) is 7.05 Å². The molecule has 166 valence electrons. The minimum atomic E-state index is -4.09. The minimum absolute atomic E-state index is 0. The van der Waals surface area contributed by atoms with Gasteiger partial charge in [-0.25, -0.2) is 4.68 Å². The maximum atomic E-state index is 12.8. The van der Waals surface area contributed by atoms with E-state index in [1.165, 1.54) is 0 Å². The zero-order chi connectivity index (χ0) is 21.0. The second kappa shape index (κ2) is 10.5. The van der Waals surface area contributed by atoms with Crippen LogP contribution in [0.4, 0.5) is 13.2 Å². The summed E-state index contributed by atoms with van der Waals surface area (Å²) in [7, 11) is 1.67. The molecule has 1 aromatic heterocycles. The Hall–Kier alpha value is -1.78. The number of benzene rings is 1. The van der Waals surface area contributed by atoms with Crippen molar-refractivity contribution in [3.8, 4) is 5.69 Å². The first-order valence-electron chi connectivity index (χ1n) is 9.93. The zero-order valence-corrected chi connectivity index (χ0v) is 19.8. The summed E-state index contributed by atoms with van der Waals surface area (Å²) >= 11 is 0. The van der Waals surface area contributed by atoms with E-state index < -0.39 is 12.1 Å². The Morgan fingerprint density at radius 2 is 1.83 bits per heavy atom. The first kappa shape index (κ1) is 24.5. The molecular formula is C21H29F3IN5. The Bertz CT molecular complexity index is 855. The van der Waals surface area contributed by atoms with Crippen LogP contribution in [0.1, 0.15) is 42.6 Å². The molecule has 0 saturated heterocycles. The lowest BCUT2D eigenvalue weighted by Gasteiger charge is -2.31. The number of hydrogen-bond acceptors (Lipinski definition) is 2. The van der Waals surface area contributed by atoms with Crippen molar-refractivity contribution in [3.05, 3.63) is 47.3 Å². The van der Waals surface area contributed by atoms with Crippen LogP contribution in [-0.4, -0.2) is 35.0 Å². The molecular weight excluding hydrogens is 506 g/mol. The Morgan fingerprint density at radius 1 is 1.17 bits per heavy atom. The van der Waals surface area contributed by atoms with E-state index in [1.54, 1.807) is 7.05 Å². The largest absolute Gasteiger partial charge is 0.391 e. The predicted molar refractivity (Wildman–Crippen MR) is 124 cm³/mol. The van der Waals surface area contributed by atoms with E-state index in [9.17, 15) is 13.2 Å². The maximum absolute atomic E-state index is 12.8. The third-order valence-electron chi connectivity index (χ3n) is 5.43. The van der Waals surface area contributed by atoms with Gasteiger partial charge >= 0.3 is 6.18 Å². The number of para-hydroxylation sites is 1. The topological polar surface area (TPSA) is 54.2 Å². The number of nitrogens with zero attached hydrogens (tertiary/aromatic N) is 3. The van der Waals surface area contributed by atoms with Crippen LogP contribution >= 0.6 is 24.0 Å². The van der Waals surface area contributed by atoms with Crippen molar-refractivity contribution >= 4 is 29.9 Å². The molecule has 0 atom stereocenters. The number of guanidine groups is 1. The van der Waals surface area contributed by atoms with E-state index in [0.717, 1.165) is 22.6 Å². The lowest BCUT2D eigenvalue weighted by molar-refractivity contribution is -0.182. The second-order valence-electron chi connectivity index (χ2n) is 7.63. The lowest BCUT2D eigenvalue weighted by atomic mass is 9.85. The summed E-state index contributed by atoms with van der Waals surface area (Å²) < 4.78 is 40.5. The van der Waals surface area contributed by atoms with Gasteiger partial charge in [0, 0.05) is 25.3 Å². The summed E-state index contributed by atoms with van der Waals surface area (Å²) in [6.07, 6.45) is -2.77. The third kappa shape index (κ3) is 6.12. The summed E-state index contributed by atoms with van der Waals surface area (Å²) in [5, 5.41) is 11.1. The molecule has 1 heterocycles. The maximum Gasteiger partial charge on any atom is 0.391 e. The van der Waals surface area contributed by atoms with Gasteiger partial charge in [0.25, 0.3) is 0 Å². The van der Waals surface area contributed by atoms with Gasteiger partial charge in [0.15, 0.2) is 5.96 Å². The van der Waals surface area contributed by atoms with Crippen LogP contribution in [0.2, 0.25) is 0 Å². The lowest BCUT2D eigenvalue weighted by Crippen LogP contribution is -2.45. The number of hydrogen-bond donors (Lipinski definition) is 2. The molecule has 2 N–H and O–H groups in total. The van der Waals surface area contributed by atoms with Crippen molar-refractivity contribution < 1.29 is 13.2 Å². The monoisotopic (exact) mass is 535 g/mol. The van der Waals surface area contributed by atoms with Crippen molar-refractivity contribution in [2.24, 2.45) is 10.9 Å². The zero-order valence-electron chi connectivity index (χ0n) is 17.5. The van der Waals surface area contributed by atoms with Crippen LogP contribution in [0.25, 0.3) is 5.69 Å². The molecule has 5 nitrogen and oxygen atoms in total. The van der Waals surface area contributed by atoms with Crippen LogP contribution in [-0.2, 0) is 6.54 Å². The number of aromatic nitrogens is 2. The Morgan fingerprint density at radius 3 is 2.40 bits per heavy atom. The average molecular weight is 535 g/mol. The molecule has 30 heavy (non-hydrogen) atoms. The van der Waals surface area contributed by atoms with E-state index in [0.29, 0.717) is 25.3 Å². The normalized spacial score (nSPS) is 19.9. The third-order valence-corrected chi connectivity index (χ3v) is 5.43. The molecule has 2 aromatic rings. The van der Waals surface area contributed by atoms with Crippen LogP contribution in [0.3, 0.4) is 0 Å². The van der Waals surface area contributed by atoms with Gasteiger partial charge in [-0.3, -0.25) is 4.99 Å². The molecule has 0 radical (unpaired) electrons. The first-order chi connectivity index (χ1) is 13.8. The Labute approximate surface area is 192 Å². The van der Waals surface area contributed by atoms with Gasteiger partial charge in [0.1, 0.15) is 0 Å². The smallest absolute Gasteiger partial charge is 0.354 e. The van der Waals surface area contributed by atoms with Crippen LogP contribution in [0, 0.1) is 19.8 Å². The van der Waals surface area contributed by atoms with Gasteiger partial charge < -0.3 is 10.6 Å². The quantitative estimate of drug-likeness (QED) is 0.333. The van der Waals surface area contributed by atoms with E-state index >= 15 is 0 Å². The van der Waals surface area contributed by atoms with Crippen molar-refractivity contribution in [2.45, 2.75) is 58.3 Å². The van der Waals surface area contributed by atoms with E-state index in [4.69, 9.17) is 0 Å². The number of aryl methyl sites for hydroxylation is 2. The van der Waals surface area contributed by atoms with Crippen molar-refractivity contribution in [3.63, 3.8) is 0 Å². The number of aliphatic imine (C=N–C) groups is 1. The van der Waals surface area contributed by atoms with Gasteiger partial charge in [-0.1, -0.05) is 18.2 Å². The molecule has 1 aliphatic rings. The van der Waals surface area contributed by atoms with Gasteiger partial charge in [0.05, 0.1) is 17.3 Å². The standard InChI is InChI=1S/C21H28F3N5.HI/c1-14-12-15(2)29(28-14)19-7-5-4-6-16(19)13-26-20(25-3)27-18-10-8-17(9-11-18)21(22,23)24;/h4-7,12,17-18H,8-11,13H2,1-3H3,(H2,25,26,27);1H. The molecule has 1 aromatic carbocycles. The van der Waals surface area contributed by atoms with Crippen LogP contribution in [0.15, 0.2) is 35.3 Å². The number of alkyl halides is 3. The predicted octanol–water partition coefficient (Wildman–Crippen LogP) is 4.89. The summed E-state index contributed by atoms with van der Waals surface area (Å²) in [5.41, 5.74) is 4.06. The fraction of sp³-hybridized carbons (Fsp3) is 0.524. The summed E-state index contributed by atoms with van der Waals surface area (Å²) in [5.74, 6) is -0.577. The highest BCUT2D eigenvalue weighted by atomic mass is 127. The molecule has 1 aliphatic carbocycles. The highest BCUT2D eigenvalue weighted by molar-refractivity contribution is 14.0. The average Bonchev–Trinajstić information content (AvgIpc) is 3.03. The van der Waals surface area contributed by atoms with Crippen LogP contribution < -0.4 is 10.6 Å². The number of nitrogens with one attached hydrogen (secondary N) is 2. The van der Waals surface area contributed by atoms with E-state index in [1.807, 2.05) is 48.9 Å². The van der Waals surface area contributed by atoms with Gasteiger partial charge in [0.2, 0.25) is 0 Å².